The number of para-hydroxylation sites is 1. The van der Waals surface area contributed by atoms with Crippen LogP contribution >= 0.6 is 23.4 Å². The van der Waals surface area contributed by atoms with Gasteiger partial charge in [0.25, 0.3) is 0 Å². The third-order valence-electron chi connectivity index (χ3n) is 3.86. The first-order chi connectivity index (χ1) is 14.7. The molecule has 0 fully saturated rings. The molecule has 2 aromatic rings. The van der Waals surface area contributed by atoms with Crippen molar-refractivity contribution in [2.24, 2.45) is 0 Å². The summed E-state index contributed by atoms with van der Waals surface area (Å²) in [6, 6.07) is 15.5. The maximum absolute atomic E-state index is 12.0. The monoisotopic (exact) mass is 468 g/mol. The zero-order valence-corrected chi connectivity index (χ0v) is 18.7. The lowest BCUT2D eigenvalue weighted by Crippen LogP contribution is -2.36. The van der Waals surface area contributed by atoms with Crippen molar-refractivity contribution in [1.82, 2.24) is 10.6 Å². The van der Waals surface area contributed by atoms with Crippen molar-refractivity contribution in [2.75, 3.05) is 26.0 Å². The third-order valence-corrected chi connectivity index (χ3v) is 5.13. The predicted octanol–water partition coefficient (Wildman–Crippen LogP) is 3.06. The fourth-order valence-electron chi connectivity index (χ4n) is 2.33. The lowest BCUT2D eigenvalue weighted by atomic mass is 10.1. The van der Waals surface area contributed by atoms with E-state index in [0.717, 1.165) is 27.0 Å². The molecule has 2 rings (SSSR count). The molecule has 0 heterocycles. The van der Waals surface area contributed by atoms with Crippen LogP contribution in [-0.4, -0.2) is 54.0 Å². The third kappa shape index (κ3) is 10.7. The van der Waals surface area contributed by atoms with Crippen LogP contribution in [-0.2, 0) is 14.4 Å². The van der Waals surface area contributed by atoms with Crippen LogP contribution in [0, 0.1) is 0 Å². The Balaban J connectivity index is 0.000000703. The summed E-state index contributed by atoms with van der Waals surface area (Å²) in [6.45, 7) is 2.91. The summed E-state index contributed by atoms with van der Waals surface area (Å²) in [6.07, 6.45) is 0. The van der Waals surface area contributed by atoms with Crippen molar-refractivity contribution in [3.8, 4) is 5.75 Å². The fourth-order valence-corrected chi connectivity index (χ4v) is 3.23. The van der Waals surface area contributed by atoms with Gasteiger partial charge in [-0.15, -0.1) is 11.8 Å². The summed E-state index contributed by atoms with van der Waals surface area (Å²) >= 11 is 7.54. The Labute approximate surface area is 189 Å². The molecule has 0 bridgehead atoms. The van der Waals surface area contributed by atoms with Crippen LogP contribution in [0.25, 0.3) is 0 Å². The molecule has 31 heavy (non-hydrogen) atoms. The second-order valence-electron chi connectivity index (χ2n) is 6.11. The van der Waals surface area contributed by atoms with Gasteiger partial charge in [-0.05, 0) is 37.3 Å². The van der Waals surface area contributed by atoms with E-state index in [4.69, 9.17) is 36.1 Å². The van der Waals surface area contributed by atoms with Crippen molar-refractivity contribution in [3.63, 3.8) is 0 Å². The summed E-state index contributed by atoms with van der Waals surface area (Å²) in [5.74, 6) is -2.03. The Kier molecular flexibility index (Phi) is 12.1. The molecule has 0 spiro atoms. The molecule has 0 aliphatic carbocycles. The highest BCUT2D eigenvalue weighted by Crippen LogP contribution is 2.24. The van der Waals surface area contributed by atoms with Crippen molar-refractivity contribution in [2.45, 2.75) is 17.9 Å². The summed E-state index contributed by atoms with van der Waals surface area (Å²) in [4.78, 5) is 31.3. The van der Waals surface area contributed by atoms with Crippen molar-refractivity contribution in [3.05, 3.63) is 59.1 Å². The molecule has 0 aromatic heterocycles. The van der Waals surface area contributed by atoms with Gasteiger partial charge in [0.2, 0.25) is 5.91 Å². The van der Waals surface area contributed by atoms with Gasteiger partial charge in [0.1, 0.15) is 5.75 Å². The molecule has 0 aliphatic rings. The highest BCUT2D eigenvalue weighted by Gasteiger charge is 2.11. The number of thioether (sulfide) groups is 1. The number of carbonyl (C=O) groups is 3. The van der Waals surface area contributed by atoms with E-state index >= 15 is 0 Å². The Bertz CT molecular complexity index is 851. The average Bonchev–Trinajstić information content (AvgIpc) is 2.76. The first-order valence-electron chi connectivity index (χ1n) is 9.22. The minimum absolute atomic E-state index is 0.0153. The van der Waals surface area contributed by atoms with Crippen LogP contribution < -0.4 is 15.4 Å². The Morgan fingerprint density at radius 2 is 1.68 bits per heavy atom. The molecule has 0 radical (unpaired) electrons. The Morgan fingerprint density at radius 3 is 2.26 bits per heavy atom. The normalized spacial score (nSPS) is 10.9. The Hall–Kier alpha value is -2.75. The number of hydrogen-bond donors (Lipinski definition) is 4. The Morgan fingerprint density at radius 1 is 1.06 bits per heavy atom. The van der Waals surface area contributed by atoms with Gasteiger partial charge in [0, 0.05) is 33.8 Å². The van der Waals surface area contributed by atoms with Crippen molar-refractivity contribution in [1.29, 1.82) is 0 Å². The SMILES string of the molecule is COc1ccccc1C(C)NCC(=O)NCCSc1ccc(Cl)cc1.O=C(O)C(=O)O. The van der Waals surface area contributed by atoms with E-state index in [1.807, 2.05) is 55.5 Å². The zero-order valence-electron chi connectivity index (χ0n) is 17.1. The maximum atomic E-state index is 12.0. The van der Waals surface area contributed by atoms with Gasteiger partial charge >= 0.3 is 11.9 Å². The number of methoxy groups -OCH3 is 1. The number of carbonyl (C=O) groups excluding carboxylic acids is 1. The number of nitrogens with one attached hydrogen (secondary N) is 2. The molecule has 8 nitrogen and oxygen atoms in total. The molecular formula is C21H25ClN2O6S. The molecule has 0 saturated heterocycles. The van der Waals surface area contributed by atoms with E-state index < -0.39 is 11.9 Å². The van der Waals surface area contributed by atoms with E-state index in [9.17, 15) is 4.79 Å². The smallest absolute Gasteiger partial charge is 0.414 e. The molecule has 2 aromatic carbocycles. The van der Waals surface area contributed by atoms with Crippen LogP contribution in [0.2, 0.25) is 5.02 Å². The van der Waals surface area contributed by atoms with Gasteiger partial charge < -0.3 is 25.6 Å². The predicted molar refractivity (Wildman–Crippen MR) is 120 cm³/mol. The molecule has 0 aliphatic heterocycles. The van der Waals surface area contributed by atoms with Crippen LogP contribution in [0.3, 0.4) is 0 Å². The first kappa shape index (κ1) is 26.3. The van der Waals surface area contributed by atoms with Crippen LogP contribution in [0.1, 0.15) is 18.5 Å². The zero-order chi connectivity index (χ0) is 23.2. The largest absolute Gasteiger partial charge is 0.496 e. The van der Waals surface area contributed by atoms with Crippen LogP contribution in [0.15, 0.2) is 53.4 Å². The van der Waals surface area contributed by atoms with E-state index in [1.165, 1.54) is 0 Å². The molecule has 1 unspecified atom stereocenters. The van der Waals surface area contributed by atoms with Crippen molar-refractivity contribution >= 4 is 41.2 Å². The summed E-state index contributed by atoms with van der Waals surface area (Å²) in [5, 5.41) is 21.7. The van der Waals surface area contributed by atoms with Gasteiger partial charge in [-0.25, -0.2) is 9.59 Å². The number of carboxylic acid groups (broad SMARTS) is 2. The first-order valence-corrected chi connectivity index (χ1v) is 10.6. The van der Waals surface area contributed by atoms with Gasteiger partial charge in [-0.3, -0.25) is 4.79 Å². The maximum Gasteiger partial charge on any atom is 0.414 e. The second kappa shape index (κ2) is 14.3. The number of benzene rings is 2. The number of rotatable bonds is 9. The fraction of sp³-hybridized carbons (Fsp3) is 0.286. The average molecular weight is 469 g/mol. The molecule has 4 N–H and O–H groups in total. The van der Waals surface area contributed by atoms with Gasteiger partial charge in [-0.1, -0.05) is 29.8 Å². The molecular weight excluding hydrogens is 444 g/mol. The summed E-state index contributed by atoms with van der Waals surface area (Å²) in [7, 11) is 1.65. The molecule has 10 heteroatoms. The standard InChI is InChI=1S/C19H23ClN2O2S.C2H2O4/c1-14(17-5-3-4-6-18(17)24-2)22-13-19(23)21-11-12-25-16-9-7-15(20)8-10-16;3-1(4)2(5)6/h3-10,14,22H,11-13H2,1-2H3,(H,21,23);(H,3,4)(H,5,6). The van der Waals surface area contributed by atoms with E-state index in [0.29, 0.717) is 6.54 Å². The summed E-state index contributed by atoms with van der Waals surface area (Å²) in [5.41, 5.74) is 1.04. The lowest BCUT2D eigenvalue weighted by molar-refractivity contribution is -0.159. The molecule has 168 valence electrons. The minimum Gasteiger partial charge on any atom is -0.496 e. The topological polar surface area (TPSA) is 125 Å². The molecule has 1 atom stereocenters. The van der Waals surface area contributed by atoms with E-state index in [-0.39, 0.29) is 18.5 Å². The van der Waals surface area contributed by atoms with E-state index in [2.05, 4.69) is 10.6 Å². The minimum atomic E-state index is -1.82. The quantitative estimate of drug-likeness (QED) is 0.251. The highest BCUT2D eigenvalue weighted by atomic mass is 35.5. The second-order valence-corrected chi connectivity index (χ2v) is 7.71. The van der Waals surface area contributed by atoms with Crippen LogP contribution in [0.5, 0.6) is 5.75 Å². The molecule has 0 saturated carbocycles. The number of hydrogen-bond acceptors (Lipinski definition) is 6. The van der Waals surface area contributed by atoms with Gasteiger partial charge in [0.05, 0.1) is 13.7 Å². The summed E-state index contributed by atoms with van der Waals surface area (Å²) < 4.78 is 5.35. The van der Waals surface area contributed by atoms with Crippen LogP contribution in [0.4, 0.5) is 0 Å². The number of halogens is 1. The highest BCUT2D eigenvalue weighted by molar-refractivity contribution is 7.99. The van der Waals surface area contributed by atoms with Gasteiger partial charge in [0.15, 0.2) is 0 Å². The van der Waals surface area contributed by atoms with E-state index in [1.54, 1.807) is 18.9 Å². The number of amides is 1. The number of aliphatic carboxylic acids is 2. The number of carboxylic acids is 2. The number of ether oxygens (including phenoxy) is 1. The van der Waals surface area contributed by atoms with Gasteiger partial charge in [-0.2, -0.15) is 0 Å². The lowest BCUT2D eigenvalue weighted by Gasteiger charge is -2.17. The van der Waals surface area contributed by atoms with Crippen molar-refractivity contribution < 1.29 is 29.3 Å². The molecule has 1 amide bonds.